The van der Waals surface area contributed by atoms with Crippen LogP contribution < -0.4 is 0 Å². The van der Waals surface area contributed by atoms with Crippen molar-refractivity contribution in [1.29, 1.82) is 0 Å². The van der Waals surface area contributed by atoms with Gasteiger partial charge in [-0.1, -0.05) is 23.4 Å². The summed E-state index contributed by atoms with van der Waals surface area (Å²) >= 11 is 0. The summed E-state index contributed by atoms with van der Waals surface area (Å²) in [5.74, 6) is -0.701. The number of carbonyl (C=O) groups excluding carboxylic acids is 1. The molecular weight excluding hydrogens is 399 g/mol. The van der Waals surface area contributed by atoms with Crippen LogP contribution in [-0.2, 0) is 11.0 Å². The summed E-state index contributed by atoms with van der Waals surface area (Å²) in [5, 5.41) is 13.3. The first-order valence-electron chi connectivity index (χ1n) is 9.32. The monoisotopic (exact) mass is 421 g/mol. The number of amides is 1. The molecule has 1 unspecified atom stereocenters. The molecule has 0 aliphatic carbocycles. The molecule has 9 heteroatoms. The Bertz CT molecular complexity index is 989. The first-order valence-corrected chi connectivity index (χ1v) is 9.32. The number of oxime groups is 1. The fourth-order valence-corrected chi connectivity index (χ4v) is 3.58. The molecule has 1 N–H and O–H groups in total. The summed E-state index contributed by atoms with van der Waals surface area (Å²) in [6.45, 7) is 3.27. The van der Waals surface area contributed by atoms with Crippen LogP contribution >= 0.6 is 0 Å². The quantitative estimate of drug-likeness (QED) is 0.766. The summed E-state index contributed by atoms with van der Waals surface area (Å²) in [6.07, 6.45) is -3.30. The maximum Gasteiger partial charge on any atom is 0.417 e. The Morgan fingerprint density at radius 1 is 1.33 bits per heavy atom. The zero-order chi connectivity index (χ0) is 22.1. The zero-order valence-corrected chi connectivity index (χ0v) is 16.8. The van der Waals surface area contributed by atoms with Gasteiger partial charge in [0.05, 0.1) is 30.5 Å². The van der Waals surface area contributed by atoms with E-state index in [1.54, 1.807) is 19.1 Å². The van der Waals surface area contributed by atoms with Crippen LogP contribution in [-0.4, -0.2) is 52.9 Å². The molecule has 1 aromatic carbocycles. The molecule has 1 aromatic heterocycles. The number of aliphatic hydroxyl groups excluding tert-OH is 1. The molecule has 0 saturated carbocycles. The fourth-order valence-electron chi connectivity index (χ4n) is 3.58. The number of aryl methyl sites for hydroxylation is 1. The first kappa shape index (κ1) is 21.8. The molecule has 0 spiro atoms. The van der Waals surface area contributed by atoms with Gasteiger partial charge in [0, 0.05) is 18.2 Å². The lowest BCUT2D eigenvalue weighted by molar-refractivity contribution is -0.137. The number of hydrogen-bond donors (Lipinski definition) is 1. The van der Waals surface area contributed by atoms with E-state index in [0.717, 1.165) is 17.8 Å². The Labute approximate surface area is 172 Å². The Balaban J connectivity index is 2.05. The molecule has 2 heterocycles. The number of aromatic nitrogens is 1. The second-order valence-corrected chi connectivity index (χ2v) is 7.17. The van der Waals surface area contributed by atoms with E-state index in [4.69, 9.17) is 4.84 Å². The van der Waals surface area contributed by atoms with Gasteiger partial charge in [-0.3, -0.25) is 9.78 Å². The van der Waals surface area contributed by atoms with Crippen LogP contribution in [0.15, 0.2) is 35.6 Å². The number of nitrogens with zero attached hydrogens (tertiary/aromatic N) is 3. The van der Waals surface area contributed by atoms with E-state index in [0.29, 0.717) is 16.8 Å². The molecule has 30 heavy (non-hydrogen) atoms. The highest BCUT2D eigenvalue weighted by Gasteiger charge is 2.38. The average Bonchev–Trinajstić information content (AvgIpc) is 3.12. The van der Waals surface area contributed by atoms with Gasteiger partial charge in [0.2, 0.25) is 0 Å². The van der Waals surface area contributed by atoms with Crippen molar-refractivity contribution < 1.29 is 27.9 Å². The SMILES string of the molecule is CO/N=C1/CC(CO)N(C(=O)c2cc(C(F)(F)F)c(-c3cccc(C)c3C)cn2)C1. The first-order chi connectivity index (χ1) is 14.2. The van der Waals surface area contributed by atoms with Crippen LogP contribution in [0.2, 0.25) is 0 Å². The predicted octanol–water partition coefficient (Wildman–Crippen LogP) is 3.59. The largest absolute Gasteiger partial charge is 0.417 e. The molecule has 1 saturated heterocycles. The Hall–Kier alpha value is -2.94. The van der Waals surface area contributed by atoms with Gasteiger partial charge in [-0.25, -0.2) is 0 Å². The summed E-state index contributed by atoms with van der Waals surface area (Å²) in [4.78, 5) is 22.9. The van der Waals surface area contributed by atoms with Crippen LogP contribution in [0.1, 0.15) is 33.6 Å². The minimum atomic E-state index is -4.67. The molecule has 1 aliphatic rings. The van der Waals surface area contributed by atoms with Crippen molar-refractivity contribution in [3.63, 3.8) is 0 Å². The summed E-state index contributed by atoms with van der Waals surface area (Å²) in [6, 6.07) is 5.29. The van der Waals surface area contributed by atoms with Crippen LogP contribution in [0, 0.1) is 13.8 Å². The molecule has 1 atom stereocenters. The highest BCUT2D eigenvalue weighted by Crippen LogP contribution is 2.39. The molecule has 1 amide bonds. The average molecular weight is 421 g/mol. The van der Waals surface area contributed by atoms with Crippen LogP contribution in [0.25, 0.3) is 11.1 Å². The third-order valence-electron chi connectivity index (χ3n) is 5.28. The van der Waals surface area contributed by atoms with E-state index in [-0.39, 0.29) is 30.8 Å². The van der Waals surface area contributed by atoms with Gasteiger partial charge in [-0.2, -0.15) is 13.2 Å². The van der Waals surface area contributed by atoms with Crippen molar-refractivity contribution >= 4 is 11.6 Å². The van der Waals surface area contributed by atoms with E-state index in [2.05, 4.69) is 10.1 Å². The second kappa shape index (κ2) is 8.43. The highest BCUT2D eigenvalue weighted by atomic mass is 19.4. The number of benzene rings is 1. The van der Waals surface area contributed by atoms with Gasteiger partial charge in [0.25, 0.3) is 5.91 Å². The Kier molecular flexibility index (Phi) is 6.12. The number of rotatable bonds is 4. The number of alkyl halides is 3. The molecule has 1 aliphatic heterocycles. The topological polar surface area (TPSA) is 75.0 Å². The lowest BCUT2D eigenvalue weighted by atomic mass is 9.94. The fraction of sp³-hybridized carbons (Fsp3) is 0.381. The number of aliphatic hydroxyl groups is 1. The second-order valence-electron chi connectivity index (χ2n) is 7.17. The summed E-state index contributed by atoms with van der Waals surface area (Å²) in [7, 11) is 1.36. The minimum Gasteiger partial charge on any atom is -0.399 e. The van der Waals surface area contributed by atoms with Crippen LogP contribution in [0.5, 0.6) is 0 Å². The molecular formula is C21H22F3N3O3. The smallest absolute Gasteiger partial charge is 0.399 e. The van der Waals surface area contributed by atoms with Crippen molar-refractivity contribution in [2.75, 3.05) is 20.3 Å². The van der Waals surface area contributed by atoms with E-state index in [1.165, 1.54) is 12.0 Å². The van der Waals surface area contributed by atoms with E-state index in [1.807, 2.05) is 13.0 Å². The third kappa shape index (κ3) is 4.16. The lowest BCUT2D eigenvalue weighted by Gasteiger charge is -2.23. The van der Waals surface area contributed by atoms with Gasteiger partial charge in [-0.05, 0) is 36.6 Å². The number of carbonyl (C=O) groups is 1. The van der Waals surface area contributed by atoms with Crippen LogP contribution in [0.4, 0.5) is 13.2 Å². The normalized spacial score (nSPS) is 18.2. The lowest BCUT2D eigenvalue weighted by Crippen LogP contribution is -2.38. The minimum absolute atomic E-state index is 0.0552. The molecule has 0 bridgehead atoms. The van der Waals surface area contributed by atoms with Crippen molar-refractivity contribution in [3.8, 4) is 11.1 Å². The Morgan fingerprint density at radius 3 is 2.70 bits per heavy atom. The molecule has 1 fully saturated rings. The van der Waals surface area contributed by atoms with Crippen LogP contribution in [0.3, 0.4) is 0 Å². The number of hydrogen-bond acceptors (Lipinski definition) is 5. The maximum absolute atomic E-state index is 13.9. The molecule has 0 radical (unpaired) electrons. The van der Waals surface area contributed by atoms with Gasteiger partial charge in [0.1, 0.15) is 12.8 Å². The molecule has 3 rings (SSSR count). The zero-order valence-electron chi connectivity index (χ0n) is 16.8. The standard InChI is InChI=1S/C21H22F3N3O3/c1-12-5-4-6-16(13(12)2)17-9-25-19(8-18(17)21(22,23)24)20(29)27-10-14(26-30-3)7-15(27)11-28/h4-6,8-9,15,28H,7,10-11H2,1-3H3/b26-14-. The summed E-state index contributed by atoms with van der Waals surface area (Å²) in [5.41, 5.74) is 1.15. The van der Waals surface area contributed by atoms with E-state index >= 15 is 0 Å². The van der Waals surface area contributed by atoms with Crippen molar-refractivity contribution in [2.45, 2.75) is 32.5 Å². The molecule has 2 aromatic rings. The predicted molar refractivity (Wildman–Crippen MR) is 105 cm³/mol. The number of likely N-dealkylation sites (tertiary alicyclic amines) is 1. The van der Waals surface area contributed by atoms with Gasteiger partial charge < -0.3 is 14.8 Å². The van der Waals surface area contributed by atoms with Crippen molar-refractivity contribution in [2.24, 2.45) is 5.16 Å². The molecule has 6 nitrogen and oxygen atoms in total. The highest BCUT2D eigenvalue weighted by molar-refractivity contribution is 5.99. The Morgan fingerprint density at radius 2 is 2.07 bits per heavy atom. The van der Waals surface area contributed by atoms with Gasteiger partial charge >= 0.3 is 6.18 Å². The number of halogens is 3. The van der Waals surface area contributed by atoms with E-state index in [9.17, 15) is 23.1 Å². The maximum atomic E-state index is 13.9. The van der Waals surface area contributed by atoms with E-state index < -0.39 is 23.7 Å². The number of pyridine rings is 1. The van der Waals surface area contributed by atoms with Gasteiger partial charge in [-0.15, -0.1) is 0 Å². The summed E-state index contributed by atoms with van der Waals surface area (Å²) < 4.78 is 41.6. The van der Waals surface area contributed by atoms with Crippen molar-refractivity contribution in [3.05, 3.63) is 52.8 Å². The third-order valence-corrected chi connectivity index (χ3v) is 5.28. The van der Waals surface area contributed by atoms with Crippen molar-refractivity contribution in [1.82, 2.24) is 9.88 Å². The molecule has 160 valence electrons. The van der Waals surface area contributed by atoms with Gasteiger partial charge in [0.15, 0.2) is 0 Å².